The second-order valence-electron chi connectivity index (χ2n) is 8.69. The van der Waals surface area contributed by atoms with Crippen molar-refractivity contribution in [2.24, 2.45) is 10.9 Å². The van der Waals surface area contributed by atoms with Gasteiger partial charge in [0, 0.05) is 39.9 Å². The van der Waals surface area contributed by atoms with Crippen LogP contribution in [0.1, 0.15) is 50.2 Å². The van der Waals surface area contributed by atoms with Gasteiger partial charge in [-0.1, -0.05) is 31.2 Å². The summed E-state index contributed by atoms with van der Waals surface area (Å²) >= 11 is 0. The lowest BCUT2D eigenvalue weighted by Gasteiger charge is -2.30. The van der Waals surface area contributed by atoms with Crippen molar-refractivity contribution in [1.29, 1.82) is 0 Å². The highest BCUT2D eigenvalue weighted by Gasteiger charge is 2.16. The summed E-state index contributed by atoms with van der Waals surface area (Å²) in [6.45, 7) is 9.84. The van der Waals surface area contributed by atoms with E-state index in [1.807, 2.05) is 7.05 Å². The predicted octanol–water partition coefficient (Wildman–Crippen LogP) is 3.79. The van der Waals surface area contributed by atoms with Crippen LogP contribution in [0.4, 0.5) is 0 Å². The van der Waals surface area contributed by atoms with Crippen molar-refractivity contribution < 1.29 is 9.47 Å². The lowest BCUT2D eigenvalue weighted by atomic mass is 9.98. The molecule has 0 aromatic heterocycles. The molecule has 2 fully saturated rings. The lowest BCUT2D eigenvalue weighted by molar-refractivity contribution is 0.0168. The Morgan fingerprint density at radius 2 is 2.00 bits per heavy atom. The fourth-order valence-electron chi connectivity index (χ4n) is 4.09. The average molecular weight is 545 g/mol. The van der Waals surface area contributed by atoms with E-state index in [1.165, 1.54) is 37.1 Å². The van der Waals surface area contributed by atoms with E-state index in [-0.39, 0.29) is 24.0 Å². The number of likely N-dealkylation sites (tertiary alicyclic amines) is 1. The maximum atomic E-state index is 5.71. The van der Waals surface area contributed by atoms with Crippen LogP contribution in [0.25, 0.3) is 0 Å². The van der Waals surface area contributed by atoms with Crippen molar-refractivity contribution in [2.75, 3.05) is 46.5 Å². The van der Waals surface area contributed by atoms with Crippen molar-refractivity contribution in [3.05, 3.63) is 35.4 Å². The number of ether oxygens (including phenoxy) is 2. The summed E-state index contributed by atoms with van der Waals surface area (Å²) in [5, 5.41) is 6.79. The van der Waals surface area contributed by atoms with E-state index in [2.05, 4.69) is 51.7 Å². The highest BCUT2D eigenvalue weighted by atomic mass is 127. The van der Waals surface area contributed by atoms with Gasteiger partial charge in [-0.15, -0.1) is 24.0 Å². The number of hydrogen-bond donors (Lipinski definition) is 2. The van der Waals surface area contributed by atoms with Gasteiger partial charge in [0.15, 0.2) is 5.96 Å². The number of halogens is 1. The number of guanidine groups is 1. The molecule has 0 saturated carbocycles. The highest BCUT2D eigenvalue weighted by Crippen LogP contribution is 2.18. The number of hydrogen-bond acceptors (Lipinski definition) is 4. The summed E-state index contributed by atoms with van der Waals surface area (Å²) in [5.74, 6) is 1.72. The maximum Gasteiger partial charge on any atom is 0.191 e. The zero-order chi connectivity index (χ0) is 21.0. The second kappa shape index (κ2) is 15.0. The van der Waals surface area contributed by atoms with Crippen molar-refractivity contribution >= 4 is 29.9 Å². The molecule has 2 saturated heterocycles. The molecule has 1 aromatic rings. The Morgan fingerprint density at radius 3 is 2.74 bits per heavy atom. The van der Waals surface area contributed by atoms with Crippen LogP contribution in [0, 0.1) is 5.92 Å². The molecule has 2 aliphatic heterocycles. The maximum absolute atomic E-state index is 5.71. The van der Waals surface area contributed by atoms with Gasteiger partial charge in [-0.3, -0.25) is 9.89 Å². The number of benzene rings is 1. The molecule has 2 aliphatic rings. The Balaban J connectivity index is 0.00000341. The summed E-state index contributed by atoms with van der Waals surface area (Å²) in [6, 6.07) is 8.91. The van der Waals surface area contributed by atoms with E-state index in [0.717, 1.165) is 70.6 Å². The molecule has 1 aromatic carbocycles. The Kier molecular flexibility index (Phi) is 12.8. The number of nitrogens with one attached hydrogen (secondary N) is 2. The molecule has 0 amide bonds. The van der Waals surface area contributed by atoms with Crippen LogP contribution in [0.2, 0.25) is 0 Å². The molecule has 2 heterocycles. The zero-order valence-electron chi connectivity index (χ0n) is 19.3. The summed E-state index contributed by atoms with van der Waals surface area (Å²) in [6.07, 6.45) is 6.20. The topological polar surface area (TPSA) is 58.1 Å². The first-order valence-corrected chi connectivity index (χ1v) is 11.7. The highest BCUT2D eigenvalue weighted by molar-refractivity contribution is 14.0. The van der Waals surface area contributed by atoms with E-state index in [0.29, 0.717) is 6.10 Å². The van der Waals surface area contributed by atoms with E-state index >= 15 is 0 Å². The van der Waals surface area contributed by atoms with E-state index < -0.39 is 0 Å². The van der Waals surface area contributed by atoms with E-state index in [1.54, 1.807) is 0 Å². The van der Waals surface area contributed by atoms with Gasteiger partial charge >= 0.3 is 0 Å². The Hall–Kier alpha value is -0.900. The summed E-state index contributed by atoms with van der Waals surface area (Å²) in [4.78, 5) is 6.91. The van der Waals surface area contributed by atoms with Crippen LogP contribution in [0.15, 0.2) is 29.3 Å². The first kappa shape index (κ1) is 26.4. The van der Waals surface area contributed by atoms with Gasteiger partial charge in [-0.25, -0.2) is 0 Å². The zero-order valence-corrected chi connectivity index (χ0v) is 21.6. The molecular weight excluding hydrogens is 503 g/mol. The van der Waals surface area contributed by atoms with Crippen LogP contribution in [0.5, 0.6) is 0 Å². The quantitative estimate of drug-likeness (QED) is 0.203. The van der Waals surface area contributed by atoms with Gasteiger partial charge in [0.05, 0.1) is 12.7 Å². The Bertz CT molecular complexity index is 644. The van der Waals surface area contributed by atoms with Crippen LogP contribution in [-0.2, 0) is 22.6 Å². The van der Waals surface area contributed by atoms with E-state index in [9.17, 15) is 0 Å². The van der Waals surface area contributed by atoms with Gasteiger partial charge in [-0.2, -0.15) is 0 Å². The lowest BCUT2D eigenvalue weighted by Crippen LogP contribution is -2.37. The Labute approximate surface area is 205 Å². The van der Waals surface area contributed by atoms with Crippen LogP contribution in [0.3, 0.4) is 0 Å². The van der Waals surface area contributed by atoms with Gasteiger partial charge in [-0.05, 0) is 62.2 Å². The summed E-state index contributed by atoms with van der Waals surface area (Å²) < 4.78 is 11.3. The largest absolute Gasteiger partial charge is 0.379 e. The summed E-state index contributed by atoms with van der Waals surface area (Å²) in [7, 11) is 1.82. The minimum Gasteiger partial charge on any atom is -0.379 e. The van der Waals surface area contributed by atoms with Crippen LogP contribution < -0.4 is 10.6 Å². The van der Waals surface area contributed by atoms with Crippen molar-refractivity contribution in [3.8, 4) is 0 Å². The fraction of sp³-hybridized carbons (Fsp3) is 0.708. The molecule has 0 spiro atoms. The number of nitrogens with zero attached hydrogens (tertiary/aromatic N) is 2. The van der Waals surface area contributed by atoms with Crippen molar-refractivity contribution in [3.63, 3.8) is 0 Å². The molecule has 1 atom stereocenters. The molecule has 7 heteroatoms. The first-order valence-electron chi connectivity index (χ1n) is 11.7. The fourth-order valence-corrected chi connectivity index (χ4v) is 4.09. The van der Waals surface area contributed by atoms with Crippen LogP contribution >= 0.6 is 24.0 Å². The SMILES string of the molecule is CN=C(NCCCOCC1CCCO1)NCc1cccc(CN2CCC(C)CC2)c1.I. The molecular formula is C24H41IN4O2. The standard InChI is InChI=1S/C24H40N4O2.HI/c1-20-9-12-28(13-10-20)18-22-7-3-6-21(16-22)17-27-24(25-2)26-11-5-14-29-19-23-8-4-15-30-23;/h3,6-7,16,20,23H,4-5,8-15,17-19H2,1-2H3,(H2,25,26,27);1H. The monoisotopic (exact) mass is 544 g/mol. The molecule has 2 N–H and O–H groups in total. The van der Waals surface area contributed by atoms with Crippen molar-refractivity contribution in [2.45, 2.75) is 58.2 Å². The third-order valence-corrected chi connectivity index (χ3v) is 6.04. The number of piperidine rings is 1. The number of aliphatic imine (C=N–C) groups is 1. The minimum absolute atomic E-state index is 0. The predicted molar refractivity (Wildman–Crippen MR) is 138 cm³/mol. The van der Waals surface area contributed by atoms with Gasteiger partial charge in [0.25, 0.3) is 0 Å². The number of rotatable bonds is 10. The molecule has 0 aliphatic carbocycles. The third-order valence-electron chi connectivity index (χ3n) is 6.04. The van der Waals surface area contributed by atoms with Crippen LogP contribution in [-0.4, -0.2) is 63.5 Å². The Morgan fingerprint density at radius 1 is 1.19 bits per heavy atom. The minimum atomic E-state index is 0. The third kappa shape index (κ3) is 10.1. The molecule has 0 radical (unpaired) electrons. The molecule has 31 heavy (non-hydrogen) atoms. The van der Waals surface area contributed by atoms with Crippen molar-refractivity contribution in [1.82, 2.24) is 15.5 Å². The first-order chi connectivity index (χ1) is 14.7. The van der Waals surface area contributed by atoms with Gasteiger partial charge in [0.1, 0.15) is 0 Å². The van der Waals surface area contributed by atoms with E-state index in [4.69, 9.17) is 9.47 Å². The van der Waals surface area contributed by atoms with Gasteiger partial charge < -0.3 is 20.1 Å². The molecule has 0 bridgehead atoms. The second-order valence-corrected chi connectivity index (χ2v) is 8.69. The van der Waals surface area contributed by atoms with Gasteiger partial charge in [0.2, 0.25) is 0 Å². The molecule has 6 nitrogen and oxygen atoms in total. The average Bonchev–Trinajstić information content (AvgIpc) is 3.28. The smallest absolute Gasteiger partial charge is 0.191 e. The summed E-state index contributed by atoms with van der Waals surface area (Å²) in [5.41, 5.74) is 2.69. The molecule has 1 unspecified atom stereocenters. The molecule has 176 valence electrons. The normalized spacial score (nSPS) is 20.5. The molecule has 3 rings (SSSR count).